The molecule has 4 amide bonds. The number of nitrogens with one attached hydrogen (secondary N) is 3. The number of carbonyl (C=O) groups excluding carboxylic acids is 5. The minimum absolute atomic E-state index is 0.0159. The Morgan fingerprint density at radius 2 is 1.66 bits per heavy atom. The number of β-amino-alcohol motifs (C(OH)–C–C–N with tert-alkyl or cyclic N) is 1. The van der Waals surface area contributed by atoms with Crippen molar-refractivity contribution in [2.45, 2.75) is 105 Å². The van der Waals surface area contributed by atoms with Crippen LogP contribution in [0.3, 0.4) is 0 Å². The van der Waals surface area contributed by atoms with E-state index in [2.05, 4.69) is 62.0 Å². The van der Waals surface area contributed by atoms with E-state index in [9.17, 15) is 29.1 Å². The van der Waals surface area contributed by atoms with Crippen molar-refractivity contribution in [1.82, 2.24) is 40.6 Å². The monoisotopic (exact) mass is 1120 g/mol. The first kappa shape index (κ1) is 55.6. The number of aromatic nitrogens is 4. The van der Waals surface area contributed by atoms with E-state index in [1.165, 1.54) is 12.0 Å². The van der Waals surface area contributed by atoms with Crippen LogP contribution in [0.2, 0.25) is 0 Å². The summed E-state index contributed by atoms with van der Waals surface area (Å²) in [6.07, 6.45) is -0.152. The number of aliphatic hydroxyl groups is 1. The number of aliphatic hydroxyl groups excluding tert-OH is 1. The van der Waals surface area contributed by atoms with Crippen molar-refractivity contribution < 1.29 is 43.0 Å². The molecule has 6 atom stereocenters. The van der Waals surface area contributed by atoms with Gasteiger partial charge in [-0.15, -0.1) is 32.9 Å². The van der Waals surface area contributed by atoms with Crippen molar-refractivity contribution in [3.8, 4) is 21.2 Å². The molecule has 7 heterocycles. The van der Waals surface area contributed by atoms with Gasteiger partial charge >= 0.3 is 5.97 Å². The van der Waals surface area contributed by atoms with Crippen LogP contribution in [-0.2, 0) is 23.9 Å². The summed E-state index contributed by atoms with van der Waals surface area (Å²) in [5.74, 6) is -0.356. The van der Waals surface area contributed by atoms with Gasteiger partial charge in [-0.25, -0.2) is 4.98 Å². The molecule has 4 N–H and O–H groups in total. The molecule has 418 valence electrons. The number of hydrogen-bond donors (Lipinski definition) is 4. The number of thiophene rings is 1. The van der Waals surface area contributed by atoms with Crippen LogP contribution in [0.5, 0.6) is 5.75 Å². The predicted octanol–water partition coefficient (Wildman–Crippen LogP) is 7.89. The van der Waals surface area contributed by atoms with Crippen LogP contribution in [0, 0.1) is 39.0 Å². The number of amides is 4. The zero-order valence-electron chi connectivity index (χ0n) is 46.3. The van der Waals surface area contributed by atoms with Gasteiger partial charge in [0.05, 0.1) is 59.9 Å². The second-order valence-corrected chi connectivity index (χ2v) is 24.0. The molecular formula is C59H66N10O9S2. The van der Waals surface area contributed by atoms with Gasteiger partial charge in [0, 0.05) is 53.1 Å². The van der Waals surface area contributed by atoms with Gasteiger partial charge in [-0.05, 0) is 99.5 Å². The van der Waals surface area contributed by atoms with E-state index in [0.717, 1.165) is 59.7 Å². The van der Waals surface area contributed by atoms with Gasteiger partial charge in [-0.2, -0.15) is 0 Å². The summed E-state index contributed by atoms with van der Waals surface area (Å²) in [6.45, 7) is 17.1. The molecule has 19 nitrogen and oxygen atoms in total. The molecule has 2 saturated heterocycles. The van der Waals surface area contributed by atoms with E-state index in [0.29, 0.717) is 47.9 Å². The van der Waals surface area contributed by atoms with E-state index < -0.39 is 47.4 Å². The molecule has 0 radical (unpaired) electrons. The molecule has 3 aliphatic rings. The molecule has 0 saturated carbocycles. The Morgan fingerprint density at radius 3 is 2.38 bits per heavy atom. The summed E-state index contributed by atoms with van der Waals surface area (Å²) in [4.78, 5) is 83.4. The Balaban J connectivity index is 0.717. The number of anilines is 1. The first-order valence-electron chi connectivity index (χ1n) is 26.8. The van der Waals surface area contributed by atoms with Crippen LogP contribution < -0.4 is 25.6 Å². The van der Waals surface area contributed by atoms with Crippen LogP contribution >= 0.6 is 22.7 Å². The lowest BCUT2D eigenvalue weighted by atomic mass is 9.85. The number of benzene rings is 3. The Bertz CT molecular complexity index is 3520. The first-order chi connectivity index (χ1) is 38.3. The van der Waals surface area contributed by atoms with Gasteiger partial charge < -0.3 is 44.7 Å². The molecule has 2 fully saturated rings. The first-order valence-corrected chi connectivity index (χ1v) is 28.5. The van der Waals surface area contributed by atoms with E-state index >= 15 is 0 Å². The average Bonchev–Trinajstić information content (AvgIpc) is 4.33. The van der Waals surface area contributed by atoms with Gasteiger partial charge in [-0.1, -0.05) is 57.2 Å². The Kier molecular flexibility index (Phi) is 15.8. The zero-order valence-corrected chi connectivity index (χ0v) is 47.9. The number of aryl methyl sites for hydroxylation is 3. The van der Waals surface area contributed by atoms with Crippen LogP contribution in [0.25, 0.3) is 26.4 Å². The van der Waals surface area contributed by atoms with Crippen molar-refractivity contribution >= 4 is 74.6 Å². The summed E-state index contributed by atoms with van der Waals surface area (Å²) in [5, 5.41) is 30.1. The minimum atomic E-state index is -1.07. The lowest BCUT2D eigenvalue weighted by Crippen LogP contribution is -2.57. The van der Waals surface area contributed by atoms with Crippen molar-refractivity contribution in [2.75, 3.05) is 44.8 Å². The number of carbonyl (C=O) groups is 5. The van der Waals surface area contributed by atoms with Crippen LogP contribution in [-0.4, -0.2) is 123 Å². The van der Waals surface area contributed by atoms with Gasteiger partial charge in [-0.3, -0.25) is 33.5 Å². The van der Waals surface area contributed by atoms with Crippen molar-refractivity contribution in [3.05, 3.63) is 129 Å². The normalized spacial score (nSPS) is 18.7. The number of thiazole rings is 1. The van der Waals surface area contributed by atoms with Crippen LogP contribution in [0.4, 0.5) is 5.69 Å². The summed E-state index contributed by atoms with van der Waals surface area (Å²) in [6, 6.07) is 19.8. The number of likely N-dealkylation sites (tertiary alicyclic amines) is 1. The maximum Gasteiger partial charge on any atom is 0.308 e. The topological polar surface area (TPSA) is 236 Å². The van der Waals surface area contributed by atoms with Crippen molar-refractivity contribution in [2.24, 2.45) is 16.3 Å². The molecule has 0 aliphatic carbocycles. The highest BCUT2D eigenvalue weighted by atomic mass is 32.1. The second kappa shape index (κ2) is 22.8. The van der Waals surface area contributed by atoms with Gasteiger partial charge in [0.1, 0.15) is 46.9 Å². The zero-order chi connectivity index (χ0) is 56.7. The SMILES string of the molecule is COC(=O)C[C@@H]1N=C(c2ccc(N3CC[C@H](C(=O)NCCOc4ccc5oc(C(=O)N[C@H](C(=O)N6C[C@H](O)C[C@H]6C(=O)N[C@@H](C)c6ccc(-c7scnc7C)cc6)C(C)(C)C)cc5c4)C3)cc2)c2c(sc(C)c2C)-n2c(C)nnc21. The highest BCUT2D eigenvalue weighted by molar-refractivity contribution is 7.15. The number of aliphatic imine (C=N–C) groups is 1. The molecule has 4 aromatic heterocycles. The number of fused-ring (bicyclic) bond motifs is 4. The molecule has 21 heteroatoms. The van der Waals surface area contributed by atoms with Gasteiger partial charge in [0.15, 0.2) is 11.6 Å². The standard InChI is InChI=1S/C59H66N10O9S2/c1-31-34(4)80-58-49(31)50(63-44(27-48(71)76-9)53-66-65-35(5)69(53)58)37-14-16-41(17-15-37)67-22-20-39(28-67)54(72)60-21-23-77-43-18-19-46-40(24-43)25-47(78-46)56(74)64-52(59(6,7)8)57(75)68-29-42(70)26-45(68)55(73)62-32(2)36-10-12-38(13-11-36)51-33(3)61-30-79-51/h10-19,24-25,30,32,39,42,44-45,52,70H,20-23,26-29H2,1-9H3,(H,60,72)(H,62,73)(H,64,74)/t32-,39-,42+,44-,45-,52+/m0/s1. The smallest absolute Gasteiger partial charge is 0.308 e. The maximum atomic E-state index is 14.4. The number of hydrogen-bond acceptors (Lipinski definition) is 16. The summed E-state index contributed by atoms with van der Waals surface area (Å²) < 4.78 is 19.0. The summed E-state index contributed by atoms with van der Waals surface area (Å²) in [5.41, 5.74) is 9.08. The highest BCUT2D eigenvalue weighted by Crippen LogP contribution is 2.40. The highest BCUT2D eigenvalue weighted by Gasteiger charge is 2.45. The van der Waals surface area contributed by atoms with E-state index in [-0.39, 0.29) is 62.1 Å². The summed E-state index contributed by atoms with van der Waals surface area (Å²) >= 11 is 3.22. The lowest BCUT2D eigenvalue weighted by Gasteiger charge is -2.35. The maximum absolute atomic E-state index is 14.4. The fourth-order valence-corrected chi connectivity index (χ4v) is 12.8. The number of ether oxygens (including phenoxy) is 2. The summed E-state index contributed by atoms with van der Waals surface area (Å²) in [7, 11) is 1.37. The molecule has 3 aromatic carbocycles. The number of rotatable bonds is 16. The molecule has 10 rings (SSSR count). The third kappa shape index (κ3) is 11.4. The molecule has 0 bridgehead atoms. The third-order valence-corrected chi connectivity index (χ3v) is 17.5. The molecule has 0 spiro atoms. The molecule has 7 aromatic rings. The van der Waals surface area contributed by atoms with Crippen molar-refractivity contribution in [3.63, 3.8) is 0 Å². The molecular weight excluding hydrogens is 1060 g/mol. The number of furan rings is 1. The lowest BCUT2D eigenvalue weighted by molar-refractivity contribution is -0.142. The van der Waals surface area contributed by atoms with E-state index in [1.807, 2.05) is 88.0 Å². The Labute approximate surface area is 471 Å². The fourth-order valence-electron chi connectivity index (χ4n) is 10.7. The average molecular weight is 1120 g/mol. The van der Waals surface area contributed by atoms with Gasteiger partial charge in [0.25, 0.3) is 5.91 Å². The van der Waals surface area contributed by atoms with E-state index in [4.69, 9.17) is 18.9 Å². The fraction of sp³-hybridized carbons (Fsp3) is 0.407. The Morgan fingerprint density at radius 1 is 0.912 bits per heavy atom. The third-order valence-electron chi connectivity index (χ3n) is 15.3. The number of nitrogens with zero attached hydrogens (tertiary/aromatic N) is 7. The molecule has 3 aliphatic heterocycles. The minimum Gasteiger partial charge on any atom is -0.492 e. The number of methoxy groups -OCH3 is 1. The molecule has 0 unspecified atom stereocenters. The van der Waals surface area contributed by atoms with Gasteiger partial charge in [0.2, 0.25) is 17.7 Å². The quantitative estimate of drug-likeness (QED) is 0.0533. The number of esters is 1. The Hall–Kier alpha value is -7.75. The second-order valence-electron chi connectivity index (χ2n) is 21.9. The van der Waals surface area contributed by atoms with Crippen LogP contribution in [0.1, 0.15) is 114 Å². The van der Waals surface area contributed by atoms with Crippen molar-refractivity contribution in [1.29, 1.82) is 0 Å². The largest absolute Gasteiger partial charge is 0.492 e. The van der Waals surface area contributed by atoms with Crippen LogP contribution in [0.15, 0.2) is 87.7 Å². The molecule has 80 heavy (non-hydrogen) atoms. The van der Waals surface area contributed by atoms with E-state index in [1.54, 1.807) is 46.9 Å². The predicted molar refractivity (Wildman–Crippen MR) is 306 cm³/mol.